The van der Waals surface area contributed by atoms with Crippen molar-refractivity contribution in [2.24, 2.45) is 0 Å². The summed E-state index contributed by atoms with van der Waals surface area (Å²) in [5.41, 5.74) is 2.93. The number of benzene rings is 2. The molecule has 1 aliphatic heterocycles. The summed E-state index contributed by atoms with van der Waals surface area (Å²) in [6.07, 6.45) is 3.24. The molecular formula is C24H24FN5O2. The molecule has 1 aliphatic rings. The molecule has 0 saturated carbocycles. The van der Waals surface area contributed by atoms with E-state index in [9.17, 15) is 14.0 Å². The molecule has 0 spiro atoms. The zero-order valence-corrected chi connectivity index (χ0v) is 17.5. The minimum Gasteiger partial charge on any atom is -0.381 e. The minimum absolute atomic E-state index is 0.0611. The lowest BCUT2D eigenvalue weighted by molar-refractivity contribution is 0.0671. The van der Waals surface area contributed by atoms with Crippen molar-refractivity contribution in [1.82, 2.24) is 14.8 Å². The molecule has 7 nitrogen and oxygen atoms in total. The molecule has 0 radical (unpaired) electrons. The number of carbonyl (C=O) groups excluding carboxylic acids is 2. The van der Waals surface area contributed by atoms with Crippen molar-refractivity contribution in [2.75, 3.05) is 36.8 Å². The molecule has 32 heavy (non-hydrogen) atoms. The highest BCUT2D eigenvalue weighted by atomic mass is 19.1. The van der Waals surface area contributed by atoms with Crippen molar-refractivity contribution >= 4 is 23.3 Å². The van der Waals surface area contributed by atoms with Crippen LogP contribution in [0.3, 0.4) is 0 Å². The summed E-state index contributed by atoms with van der Waals surface area (Å²) in [4.78, 5) is 32.6. The van der Waals surface area contributed by atoms with Crippen molar-refractivity contribution in [1.29, 1.82) is 0 Å². The van der Waals surface area contributed by atoms with Crippen LogP contribution in [0, 0.1) is 5.82 Å². The van der Waals surface area contributed by atoms with E-state index in [4.69, 9.17) is 0 Å². The van der Waals surface area contributed by atoms with Gasteiger partial charge in [-0.05, 0) is 54.1 Å². The number of nitrogens with one attached hydrogen (secondary N) is 2. The van der Waals surface area contributed by atoms with Gasteiger partial charge < -0.3 is 20.4 Å². The highest BCUT2D eigenvalue weighted by molar-refractivity contribution is 5.95. The molecule has 4 rings (SSSR count). The molecule has 1 fully saturated rings. The van der Waals surface area contributed by atoms with Crippen LogP contribution >= 0.6 is 0 Å². The Morgan fingerprint density at radius 2 is 1.66 bits per heavy atom. The van der Waals surface area contributed by atoms with E-state index >= 15 is 0 Å². The van der Waals surface area contributed by atoms with E-state index in [0.29, 0.717) is 44.0 Å². The molecule has 0 atom stereocenters. The average Bonchev–Trinajstić information content (AvgIpc) is 2.83. The molecule has 2 N–H and O–H groups in total. The topological polar surface area (TPSA) is 77.6 Å². The summed E-state index contributed by atoms with van der Waals surface area (Å²) in [6.45, 7) is 2.36. The second-order valence-electron chi connectivity index (χ2n) is 7.51. The number of anilines is 2. The molecule has 0 aliphatic carbocycles. The molecule has 2 aromatic carbocycles. The number of hydrogen-bond acceptors (Lipinski definition) is 4. The van der Waals surface area contributed by atoms with Gasteiger partial charge in [-0.25, -0.2) is 9.18 Å². The predicted octanol–water partition coefficient (Wildman–Crippen LogP) is 3.82. The lowest BCUT2D eigenvalue weighted by atomic mass is 10.1. The van der Waals surface area contributed by atoms with Crippen LogP contribution in [0.25, 0.3) is 0 Å². The molecule has 1 saturated heterocycles. The Kier molecular flexibility index (Phi) is 6.60. The number of urea groups is 1. The fraction of sp³-hybridized carbons (Fsp3) is 0.208. The Bertz CT molecular complexity index is 1070. The van der Waals surface area contributed by atoms with E-state index in [1.54, 1.807) is 52.5 Å². The first-order valence-electron chi connectivity index (χ1n) is 10.4. The van der Waals surface area contributed by atoms with Crippen LogP contribution in [0.2, 0.25) is 0 Å². The van der Waals surface area contributed by atoms with E-state index in [2.05, 4.69) is 15.6 Å². The van der Waals surface area contributed by atoms with Crippen LogP contribution in [-0.4, -0.2) is 52.9 Å². The van der Waals surface area contributed by atoms with Crippen LogP contribution in [0.1, 0.15) is 15.9 Å². The van der Waals surface area contributed by atoms with Crippen LogP contribution in [-0.2, 0) is 6.54 Å². The standard InChI is InChI=1S/C24H24FN5O2/c25-20-4-1-3-18(15-20)16-27-21-8-6-19(7-9-21)23(31)29-11-13-30(14-12-29)24(32)28-22-5-2-10-26-17-22/h1-10,15,17,27H,11-14,16H2,(H,28,32). The summed E-state index contributed by atoms with van der Waals surface area (Å²) in [5.74, 6) is -0.325. The van der Waals surface area contributed by atoms with Gasteiger partial charge >= 0.3 is 6.03 Å². The number of carbonyl (C=O) groups is 2. The Balaban J connectivity index is 1.27. The lowest BCUT2D eigenvalue weighted by Crippen LogP contribution is -2.51. The summed E-state index contributed by atoms with van der Waals surface area (Å²) in [7, 11) is 0. The van der Waals surface area contributed by atoms with Crippen LogP contribution in [0.4, 0.5) is 20.6 Å². The molecular weight excluding hydrogens is 409 g/mol. The maximum Gasteiger partial charge on any atom is 0.322 e. The lowest BCUT2D eigenvalue weighted by Gasteiger charge is -2.34. The molecule has 3 aromatic rings. The van der Waals surface area contributed by atoms with Crippen LogP contribution in [0.15, 0.2) is 73.1 Å². The van der Waals surface area contributed by atoms with Crippen molar-refractivity contribution in [2.45, 2.75) is 6.54 Å². The fourth-order valence-electron chi connectivity index (χ4n) is 3.52. The Hall–Kier alpha value is -3.94. The van der Waals surface area contributed by atoms with Gasteiger partial charge in [0.15, 0.2) is 0 Å². The number of hydrogen-bond donors (Lipinski definition) is 2. The maximum absolute atomic E-state index is 13.3. The number of nitrogens with zero attached hydrogens (tertiary/aromatic N) is 3. The quantitative estimate of drug-likeness (QED) is 0.641. The Labute approximate surface area is 185 Å². The van der Waals surface area contributed by atoms with Gasteiger partial charge in [0.25, 0.3) is 5.91 Å². The molecule has 8 heteroatoms. The van der Waals surface area contributed by atoms with Crippen molar-refractivity contribution < 1.29 is 14.0 Å². The van der Waals surface area contributed by atoms with Gasteiger partial charge in [0, 0.05) is 50.2 Å². The number of aromatic nitrogens is 1. The summed E-state index contributed by atoms with van der Waals surface area (Å²) in [5, 5.41) is 6.04. The summed E-state index contributed by atoms with van der Waals surface area (Å²) >= 11 is 0. The van der Waals surface area contributed by atoms with E-state index < -0.39 is 0 Å². The Morgan fingerprint density at radius 1 is 0.906 bits per heavy atom. The molecule has 3 amide bonds. The Morgan fingerprint density at radius 3 is 2.34 bits per heavy atom. The first kappa shape index (κ1) is 21.3. The number of pyridine rings is 1. The van der Waals surface area contributed by atoms with Gasteiger partial charge in [0.1, 0.15) is 5.82 Å². The SMILES string of the molecule is O=C(Nc1cccnc1)N1CCN(C(=O)c2ccc(NCc3cccc(F)c3)cc2)CC1. The molecule has 0 unspecified atom stereocenters. The van der Waals surface area contributed by atoms with Gasteiger partial charge in [-0.3, -0.25) is 9.78 Å². The predicted molar refractivity (Wildman–Crippen MR) is 121 cm³/mol. The third-order valence-electron chi connectivity index (χ3n) is 5.28. The van der Waals surface area contributed by atoms with Crippen LogP contribution in [0.5, 0.6) is 0 Å². The molecule has 0 bridgehead atoms. The van der Waals surface area contributed by atoms with Gasteiger partial charge in [0.2, 0.25) is 0 Å². The first-order valence-corrected chi connectivity index (χ1v) is 10.4. The zero-order valence-electron chi connectivity index (χ0n) is 17.5. The fourth-order valence-corrected chi connectivity index (χ4v) is 3.52. The van der Waals surface area contributed by atoms with Crippen molar-refractivity contribution in [3.8, 4) is 0 Å². The second kappa shape index (κ2) is 9.91. The maximum atomic E-state index is 13.3. The zero-order chi connectivity index (χ0) is 22.3. The number of piperazine rings is 1. The third kappa shape index (κ3) is 5.40. The minimum atomic E-state index is -0.264. The van der Waals surface area contributed by atoms with Gasteiger partial charge in [-0.1, -0.05) is 12.1 Å². The van der Waals surface area contributed by atoms with Gasteiger partial charge in [-0.15, -0.1) is 0 Å². The summed E-state index contributed by atoms with van der Waals surface area (Å²) < 4.78 is 13.3. The van der Waals surface area contributed by atoms with Gasteiger partial charge in [0.05, 0.1) is 11.9 Å². The largest absolute Gasteiger partial charge is 0.381 e. The smallest absolute Gasteiger partial charge is 0.322 e. The second-order valence-corrected chi connectivity index (χ2v) is 7.51. The average molecular weight is 433 g/mol. The van der Waals surface area contributed by atoms with E-state index in [-0.39, 0.29) is 17.8 Å². The highest BCUT2D eigenvalue weighted by Gasteiger charge is 2.25. The number of halogens is 1. The highest BCUT2D eigenvalue weighted by Crippen LogP contribution is 2.15. The van der Waals surface area contributed by atoms with Crippen LogP contribution < -0.4 is 10.6 Å². The normalized spacial score (nSPS) is 13.5. The molecule has 2 heterocycles. The first-order chi connectivity index (χ1) is 15.6. The number of rotatable bonds is 5. The van der Waals surface area contributed by atoms with E-state index in [0.717, 1.165) is 11.3 Å². The van der Waals surface area contributed by atoms with E-state index in [1.807, 2.05) is 18.2 Å². The summed E-state index contributed by atoms with van der Waals surface area (Å²) in [6, 6.07) is 17.0. The molecule has 1 aromatic heterocycles. The molecule has 164 valence electrons. The van der Waals surface area contributed by atoms with Gasteiger partial charge in [-0.2, -0.15) is 0 Å². The van der Waals surface area contributed by atoms with Crippen molar-refractivity contribution in [3.63, 3.8) is 0 Å². The number of amides is 3. The monoisotopic (exact) mass is 433 g/mol. The van der Waals surface area contributed by atoms with Crippen molar-refractivity contribution in [3.05, 3.63) is 90.0 Å². The third-order valence-corrected chi connectivity index (χ3v) is 5.28. The van der Waals surface area contributed by atoms with E-state index in [1.165, 1.54) is 12.1 Å².